The molecule has 2 heterocycles. The predicted molar refractivity (Wildman–Crippen MR) is 75.8 cm³/mol. The molecule has 0 unspecified atom stereocenters. The van der Waals surface area contributed by atoms with Gasteiger partial charge < -0.3 is 10.3 Å². The normalized spacial score (nSPS) is 11.2. The molecule has 0 bridgehead atoms. The smallest absolute Gasteiger partial charge is 0.0897 e. The number of hydrogen-bond donors (Lipinski definition) is 1. The van der Waals surface area contributed by atoms with Gasteiger partial charge in [-0.05, 0) is 23.9 Å². The molecule has 2 N–H and O–H groups in total. The third-order valence-electron chi connectivity index (χ3n) is 3.09. The summed E-state index contributed by atoms with van der Waals surface area (Å²) < 4.78 is 2.25. The average Bonchev–Trinajstić information content (AvgIpc) is 2.97. The van der Waals surface area contributed by atoms with Crippen molar-refractivity contribution >= 4 is 22.2 Å². The van der Waals surface area contributed by atoms with Crippen molar-refractivity contribution in [1.29, 1.82) is 0 Å². The molecule has 0 saturated carbocycles. The molecule has 0 aliphatic rings. The van der Waals surface area contributed by atoms with Gasteiger partial charge in [0.25, 0.3) is 0 Å². The second-order valence-electron chi connectivity index (χ2n) is 4.35. The zero-order valence-electron chi connectivity index (χ0n) is 10.3. The van der Waals surface area contributed by atoms with E-state index in [1.165, 1.54) is 21.3 Å². The lowest BCUT2D eigenvalue weighted by atomic mass is 10.1. The van der Waals surface area contributed by atoms with Crippen molar-refractivity contribution in [3.8, 4) is 0 Å². The molecule has 0 aliphatic heterocycles. The monoisotopic (exact) mass is 257 g/mol. The Kier molecular flexibility index (Phi) is 2.89. The first-order valence-electron chi connectivity index (χ1n) is 5.96. The fraction of sp³-hybridized carbons (Fsp3) is 0.214. The Bertz CT molecular complexity index is 681. The largest absolute Gasteiger partial charge is 0.342 e. The van der Waals surface area contributed by atoms with E-state index in [4.69, 9.17) is 5.73 Å². The summed E-state index contributed by atoms with van der Waals surface area (Å²) in [5.74, 6) is 0. The van der Waals surface area contributed by atoms with E-state index in [1.54, 1.807) is 11.3 Å². The zero-order valence-corrected chi connectivity index (χ0v) is 11.1. The van der Waals surface area contributed by atoms with Gasteiger partial charge in [-0.1, -0.05) is 18.2 Å². The molecule has 0 aliphatic carbocycles. The summed E-state index contributed by atoms with van der Waals surface area (Å²) in [5, 5.41) is 2.36. The molecule has 0 saturated heterocycles. The summed E-state index contributed by atoms with van der Waals surface area (Å²) in [4.78, 5) is 5.58. The standard InChI is InChI=1S/C14H15N3S/c1-10-16-8-13(18-10)9-17-6-5-11-3-2-4-12(7-15)14(11)17/h2-6,8H,7,9,15H2,1H3. The molecule has 0 fully saturated rings. The first kappa shape index (κ1) is 11.4. The van der Waals surface area contributed by atoms with Crippen molar-refractivity contribution in [2.24, 2.45) is 5.73 Å². The molecule has 92 valence electrons. The highest BCUT2D eigenvalue weighted by atomic mass is 32.1. The van der Waals surface area contributed by atoms with E-state index in [2.05, 4.69) is 40.0 Å². The third kappa shape index (κ3) is 1.94. The number of fused-ring (bicyclic) bond motifs is 1. The molecule has 0 radical (unpaired) electrons. The van der Waals surface area contributed by atoms with Crippen LogP contribution in [0.3, 0.4) is 0 Å². The molecule has 2 aromatic heterocycles. The van der Waals surface area contributed by atoms with Crippen molar-refractivity contribution in [3.63, 3.8) is 0 Å². The summed E-state index contributed by atoms with van der Waals surface area (Å²) in [7, 11) is 0. The van der Waals surface area contributed by atoms with Gasteiger partial charge in [-0.15, -0.1) is 11.3 Å². The fourth-order valence-electron chi connectivity index (χ4n) is 2.28. The van der Waals surface area contributed by atoms with Crippen LogP contribution in [0.15, 0.2) is 36.7 Å². The van der Waals surface area contributed by atoms with Crippen molar-refractivity contribution < 1.29 is 0 Å². The van der Waals surface area contributed by atoms with Gasteiger partial charge in [0.1, 0.15) is 0 Å². The summed E-state index contributed by atoms with van der Waals surface area (Å²) in [6, 6.07) is 8.42. The van der Waals surface area contributed by atoms with Gasteiger partial charge in [0.05, 0.1) is 17.1 Å². The van der Waals surface area contributed by atoms with E-state index in [0.29, 0.717) is 6.54 Å². The quantitative estimate of drug-likeness (QED) is 0.784. The average molecular weight is 257 g/mol. The highest BCUT2D eigenvalue weighted by Crippen LogP contribution is 2.22. The lowest BCUT2D eigenvalue weighted by Crippen LogP contribution is -2.02. The van der Waals surface area contributed by atoms with Crippen LogP contribution in [0.4, 0.5) is 0 Å². The van der Waals surface area contributed by atoms with Crippen molar-refractivity contribution in [2.75, 3.05) is 0 Å². The van der Waals surface area contributed by atoms with E-state index >= 15 is 0 Å². The highest BCUT2D eigenvalue weighted by Gasteiger charge is 2.07. The van der Waals surface area contributed by atoms with Crippen LogP contribution in [-0.4, -0.2) is 9.55 Å². The van der Waals surface area contributed by atoms with E-state index in [-0.39, 0.29) is 0 Å². The second kappa shape index (κ2) is 4.55. The summed E-state index contributed by atoms with van der Waals surface area (Å²) >= 11 is 1.74. The number of hydrogen-bond acceptors (Lipinski definition) is 3. The maximum atomic E-state index is 5.82. The Labute approximate surface area is 110 Å². The Balaban J connectivity index is 2.06. The molecule has 4 heteroatoms. The van der Waals surface area contributed by atoms with Crippen LogP contribution in [0.25, 0.3) is 10.9 Å². The minimum absolute atomic E-state index is 0.572. The van der Waals surface area contributed by atoms with E-state index in [1.807, 2.05) is 13.1 Å². The van der Waals surface area contributed by atoms with Crippen LogP contribution >= 0.6 is 11.3 Å². The number of benzene rings is 1. The molecule has 3 nitrogen and oxygen atoms in total. The maximum absolute atomic E-state index is 5.82. The number of rotatable bonds is 3. The summed E-state index contributed by atoms with van der Waals surface area (Å²) in [6.45, 7) is 3.47. The van der Waals surface area contributed by atoms with E-state index in [0.717, 1.165) is 11.6 Å². The summed E-state index contributed by atoms with van der Waals surface area (Å²) in [6.07, 6.45) is 4.08. The van der Waals surface area contributed by atoms with Gasteiger partial charge in [0.15, 0.2) is 0 Å². The Morgan fingerprint density at radius 1 is 1.33 bits per heavy atom. The maximum Gasteiger partial charge on any atom is 0.0897 e. The van der Waals surface area contributed by atoms with Gasteiger partial charge in [-0.3, -0.25) is 0 Å². The van der Waals surface area contributed by atoms with Crippen LogP contribution in [0.5, 0.6) is 0 Å². The molecule has 3 rings (SSSR count). The topological polar surface area (TPSA) is 43.8 Å². The number of nitrogens with two attached hydrogens (primary N) is 1. The molecular formula is C14H15N3S. The van der Waals surface area contributed by atoms with Gasteiger partial charge in [-0.2, -0.15) is 0 Å². The van der Waals surface area contributed by atoms with Gasteiger partial charge >= 0.3 is 0 Å². The first-order valence-corrected chi connectivity index (χ1v) is 6.77. The Hall–Kier alpha value is -1.65. The summed E-state index contributed by atoms with van der Waals surface area (Å²) in [5.41, 5.74) is 8.25. The molecule has 0 atom stereocenters. The lowest BCUT2D eigenvalue weighted by Gasteiger charge is -2.07. The SMILES string of the molecule is Cc1ncc(Cn2ccc3cccc(CN)c32)s1. The highest BCUT2D eigenvalue weighted by molar-refractivity contribution is 7.11. The van der Waals surface area contributed by atoms with Crippen LogP contribution in [0.2, 0.25) is 0 Å². The molecule has 0 amide bonds. The van der Waals surface area contributed by atoms with Crippen LogP contribution < -0.4 is 5.73 Å². The number of nitrogens with zero attached hydrogens (tertiary/aromatic N) is 2. The minimum atomic E-state index is 0.572. The fourth-order valence-corrected chi connectivity index (χ4v) is 3.08. The van der Waals surface area contributed by atoms with E-state index in [9.17, 15) is 0 Å². The second-order valence-corrected chi connectivity index (χ2v) is 5.67. The van der Waals surface area contributed by atoms with Crippen LogP contribution in [-0.2, 0) is 13.1 Å². The minimum Gasteiger partial charge on any atom is -0.342 e. The van der Waals surface area contributed by atoms with Gasteiger partial charge in [-0.25, -0.2) is 4.98 Å². The first-order chi connectivity index (χ1) is 8.78. The molecule has 1 aromatic carbocycles. The molecule has 3 aromatic rings. The zero-order chi connectivity index (χ0) is 12.5. The van der Waals surface area contributed by atoms with Gasteiger partial charge in [0.2, 0.25) is 0 Å². The molecule has 18 heavy (non-hydrogen) atoms. The number of aromatic nitrogens is 2. The Morgan fingerprint density at radius 2 is 2.22 bits per heavy atom. The van der Waals surface area contributed by atoms with Gasteiger partial charge in [0, 0.05) is 23.8 Å². The van der Waals surface area contributed by atoms with Crippen molar-refractivity contribution in [1.82, 2.24) is 9.55 Å². The molecular weight excluding hydrogens is 242 g/mol. The Morgan fingerprint density at radius 3 is 2.94 bits per heavy atom. The lowest BCUT2D eigenvalue weighted by molar-refractivity contribution is 0.841. The van der Waals surface area contributed by atoms with Crippen LogP contribution in [0, 0.1) is 6.92 Å². The van der Waals surface area contributed by atoms with E-state index < -0.39 is 0 Å². The van der Waals surface area contributed by atoms with Crippen LogP contribution in [0.1, 0.15) is 15.4 Å². The third-order valence-corrected chi connectivity index (χ3v) is 3.98. The predicted octanol–water partition coefficient (Wildman–Crippen LogP) is 2.91. The van der Waals surface area contributed by atoms with Crippen molar-refractivity contribution in [3.05, 3.63) is 52.1 Å². The number of thiazole rings is 1. The van der Waals surface area contributed by atoms with Crippen molar-refractivity contribution in [2.45, 2.75) is 20.0 Å². The molecule has 0 spiro atoms. The number of aryl methyl sites for hydroxylation is 1. The number of para-hydroxylation sites is 1.